The highest BCUT2D eigenvalue weighted by atomic mass is 16.5. The summed E-state index contributed by atoms with van der Waals surface area (Å²) in [7, 11) is 3.12. The van der Waals surface area contributed by atoms with Crippen molar-refractivity contribution in [1.82, 2.24) is 31.1 Å². The van der Waals surface area contributed by atoms with Gasteiger partial charge in [0.1, 0.15) is 23.9 Å². The van der Waals surface area contributed by atoms with E-state index < -0.39 is 60.3 Å². The van der Waals surface area contributed by atoms with Crippen LogP contribution in [0.1, 0.15) is 87.4 Å². The number of rotatable bonds is 12. The number of benzene rings is 2. The Hall–Kier alpha value is -5.31. The molecular formula is C43H58N6O9. The first-order chi connectivity index (χ1) is 27.9. The van der Waals surface area contributed by atoms with Crippen LogP contribution < -0.4 is 26.0 Å². The average molecular weight is 803 g/mol. The molecule has 6 amide bonds. The fourth-order valence-electron chi connectivity index (χ4n) is 7.88. The number of ketones is 1. The minimum Gasteiger partial charge on any atom is -0.493 e. The number of carbonyl (C=O) groups is 7. The van der Waals surface area contributed by atoms with Crippen molar-refractivity contribution in [3.05, 3.63) is 65.2 Å². The second kappa shape index (κ2) is 20.9. The van der Waals surface area contributed by atoms with E-state index in [0.717, 1.165) is 43.2 Å². The summed E-state index contributed by atoms with van der Waals surface area (Å²) in [5.41, 5.74) is 2.24. The van der Waals surface area contributed by atoms with Gasteiger partial charge in [0, 0.05) is 33.5 Å². The van der Waals surface area contributed by atoms with E-state index in [4.69, 9.17) is 9.47 Å². The van der Waals surface area contributed by atoms with E-state index in [9.17, 15) is 33.6 Å². The molecule has 4 bridgehead atoms. The third-order valence-corrected chi connectivity index (χ3v) is 11.0. The topological polar surface area (TPSA) is 193 Å². The van der Waals surface area contributed by atoms with E-state index in [-0.39, 0.29) is 49.4 Å². The highest BCUT2D eigenvalue weighted by Gasteiger charge is 2.45. The Bertz CT molecular complexity index is 1800. The number of Topliss-reactive ketones (excluding diaryl/α,β-unsaturated/α-hetero) is 1. The van der Waals surface area contributed by atoms with Crippen LogP contribution in [0.15, 0.2) is 48.5 Å². The molecule has 3 aliphatic rings. The zero-order chi connectivity index (χ0) is 41.8. The Kier molecular flexibility index (Phi) is 15.8. The standard InChI is InChI=1S/C43H58N6O9/c1-5-13-32(39(52)41(54)44-25-36(51)47-37(42(55)48(3)4)29-14-8-6-9-15-29)45-40(53)33-24-31-26-49(33)43(56)38(30-16-10-7-11-17-30)46-35(50)23-28-19-18-27(2)34(22-28)58-21-12-20-57-31/h6,8-9,14-15,18-19,22,30-33,37-38H,5,7,10-13,16-17,20-21,23-26H2,1-4H3,(H,44,54)(H,45,53)(H,46,50)(H,47,51)/t31-,32?,33+,37+,38+/m1/s1. The van der Waals surface area contributed by atoms with E-state index >= 15 is 0 Å². The molecule has 2 aromatic rings. The maximum Gasteiger partial charge on any atom is 0.290 e. The number of nitrogens with zero attached hydrogens (tertiary/aromatic N) is 2. The zero-order valence-corrected chi connectivity index (χ0v) is 34.1. The van der Waals surface area contributed by atoms with Crippen molar-refractivity contribution < 1.29 is 43.0 Å². The van der Waals surface area contributed by atoms with Crippen LogP contribution in [0, 0.1) is 12.8 Å². The lowest BCUT2D eigenvalue weighted by molar-refractivity contribution is -0.144. The summed E-state index contributed by atoms with van der Waals surface area (Å²) in [6.07, 6.45) is 5.20. The number of amides is 6. The SMILES string of the molecule is CCCC(NC(=O)[C@@H]1C[C@@H]2CN1C(=O)[C@H](C1CCCCC1)NC(=O)Cc1ccc(C)c(c1)OCCCO2)C(=O)C(=O)NCC(=O)N[C@H](C(=O)N(C)C)c1ccccc1. The van der Waals surface area contributed by atoms with Crippen LogP contribution in [-0.2, 0) is 44.7 Å². The Morgan fingerprint density at radius 2 is 1.69 bits per heavy atom. The summed E-state index contributed by atoms with van der Waals surface area (Å²) in [6.45, 7) is 3.95. The smallest absolute Gasteiger partial charge is 0.290 e. The van der Waals surface area contributed by atoms with Gasteiger partial charge in [-0.2, -0.15) is 0 Å². The number of ether oxygens (including phenoxy) is 2. The number of hydrogen-bond donors (Lipinski definition) is 4. The van der Waals surface area contributed by atoms with Crippen molar-refractivity contribution in [2.75, 3.05) is 40.4 Å². The normalized spacial score (nSPS) is 21.4. The Morgan fingerprint density at radius 1 is 0.948 bits per heavy atom. The van der Waals surface area contributed by atoms with Gasteiger partial charge in [-0.05, 0) is 54.9 Å². The fraction of sp³-hybridized carbons (Fsp3) is 0.558. The molecule has 1 saturated heterocycles. The van der Waals surface area contributed by atoms with E-state index in [1.54, 1.807) is 51.4 Å². The number of hydrogen-bond acceptors (Lipinski definition) is 9. The molecule has 5 rings (SSSR count). The van der Waals surface area contributed by atoms with E-state index in [1.165, 1.54) is 9.80 Å². The second-order valence-electron chi connectivity index (χ2n) is 15.7. The zero-order valence-electron chi connectivity index (χ0n) is 34.1. The Balaban J connectivity index is 1.29. The first kappa shape index (κ1) is 43.8. The molecule has 0 radical (unpaired) electrons. The summed E-state index contributed by atoms with van der Waals surface area (Å²) in [4.78, 5) is 97.6. The Labute approximate surface area is 340 Å². The highest BCUT2D eigenvalue weighted by Crippen LogP contribution is 2.31. The summed E-state index contributed by atoms with van der Waals surface area (Å²) >= 11 is 0. The van der Waals surface area contributed by atoms with Gasteiger partial charge in [0.2, 0.25) is 35.3 Å². The van der Waals surface area contributed by atoms with Crippen molar-refractivity contribution in [2.24, 2.45) is 5.92 Å². The van der Waals surface area contributed by atoms with Crippen LogP contribution in [-0.4, -0.2) is 116 Å². The van der Waals surface area contributed by atoms with Gasteiger partial charge in [-0.25, -0.2) is 0 Å². The molecule has 15 heteroatoms. The van der Waals surface area contributed by atoms with Crippen LogP contribution in [0.3, 0.4) is 0 Å². The molecule has 1 aliphatic carbocycles. The largest absolute Gasteiger partial charge is 0.493 e. The van der Waals surface area contributed by atoms with Crippen LogP contribution in [0.4, 0.5) is 0 Å². The molecule has 314 valence electrons. The van der Waals surface area contributed by atoms with Crippen molar-refractivity contribution in [3.8, 4) is 5.75 Å². The summed E-state index contributed by atoms with van der Waals surface area (Å²) in [5.74, 6) is -3.85. The minimum absolute atomic E-state index is 0.0507. The van der Waals surface area contributed by atoms with Crippen LogP contribution >= 0.6 is 0 Å². The lowest BCUT2D eigenvalue weighted by Gasteiger charge is -2.35. The lowest BCUT2D eigenvalue weighted by Crippen LogP contribution is -2.58. The first-order valence-corrected chi connectivity index (χ1v) is 20.5. The number of carbonyl (C=O) groups excluding carboxylic acids is 7. The van der Waals surface area contributed by atoms with Gasteiger partial charge in [-0.1, -0.05) is 75.1 Å². The fourth-order valence-corrected chi connectivity index (χ4v) is 7.88. The molecule has 2 aromatic carbocycles. The number of fused-ring (bicyclic) bond motifs is 4. The molecule has 0 spiro atoms. The first-order valence-electron chi connectivity index (χ1n) is 20.5. The molecule has 1 unspecified atom stereocenters. The van der Waals surface area contributed by atoms with E-state index in [0.29, 0.717) is 37.4 Å². The molecular weight excluding hydrogens is 745 g/mol. The van der Waals surface area contributed by atoms with Crippen molar-refractivity contribution in [3.63, 3.8) is 0 Å². The van der Waals surface area contributed by atoms with Crippen molar-refractivity contribution in [2.45, 2.75) is 108 Å². The van der Waals surface area contributed by atoms with Gasteiger partial charge < -0.3 is 40.5 Å². The van der Waals surface area contributed by atoms with Gasteiger partial charge in [0.25, 0.3) is 5.91 Å². The second-order valence-corrected chi connectivity index (χ2v) is 15.7. The molecule has 2 fully saturated rings. The third-order valence-electron chi connectivity index (χ3n) is 11.0. The van der Waals surface area contributed by atoms with Gasteiger partial charge in [0.05, 0.1) is 38.3 Å². The third kappa shape index (κ3) is 11.6. The molecule has 4 N–H and O–H groups in total. The molecule has 2 heterocycles. The molecule has 58 heavy (non-hydrogen) atoms. The summed E-state index contributed by atoms with van der Waals surface area (Å²) < 4.78 is 12.2. The summed E-state index contributed by atoms with van der Waals surface area (Å²) in [6, 6.07) is 10.1. The minimum atomic E-state index is -1.24. The number of nitrogens with one attached hydrogen (secondary N) is 4. The number of likely N-dealkylation sites (N-methyl/N-ethyl adjacent to an activating group) is 1. The van der Waals surface area contributed by atoms with Gasteiger partial charge in [-0.3, -0.25) is 33.6 Å². The van der Waals surface area contributed by atoms with Gasteiger partial charge >= 0.3 is 0 Å². The van der Waals surface area contributed by atoms with Crippen LogP contribution in [0.5, 0.6) is 5.75 Å². The monoisotopic (exact) mass is 802 g/mol. The molecule has 0 aromatic heterocycles. The summed E-state index contributed by atoms with van der Waals surface area (Å²) in [5, 5.41) is 10.7. The highest BCUT2D eigenvalue weighted by molar-refractivity contribution is 6.38. The molecule has 5 atom stereocenters. The predicted molar refractivity (Wildman–Crippen MR) is 214 cm³/mol. The van der Waals surface area contributed by atoms with E-state index in [2.05, 4.69) is 21.3 Å². The average Bonchev–Trinajstić information content (AvgIpc) is 3.65. The van der Waals surface area contributed by atoms with Crippen LogP contribution in [0.2, 0.25) is 0 Å². The molecule has 15 nitrogen and oxygen atoms in total. The van der Waals surface area contributed by atoms with Gasteiger partial charge in [0.15, 0.2) is 0 Å². The van der Waals surface area contributed by atoms with Crippen LogP contribution in [0.25, 0.3) is 0 Å². The van der Waals surface area contributed by atoms with E-state index in [1.807, 2.05) is 25.1 Å². The van der Waals surface area contributed by atoms with Gasteiger partial charge in [-0.15, -0.1) is 0 Å². The quantitative estimate of drug-likeness (QED) is 0.233. The predicted octanol–water partition coefficient (Wildman–Crippen LogP) is 2.29. The molecule has 2 aliphatic heterocycles. The Morgan fingerprint density at radius 3 is 2.40 bits per heavy atom. The number of aryl methyl sites for hydroxylation is 1. The maximum absolute atomic E-state index is 14.6. The maximum atomic E-state index is 14.6. The lowest BCUT2D eigenvalue weighted by atomic mass is 9.83. The van der Waals surface area contributed by atoms with Crippen molar-refractivity contribution in [1.29, 1.82) is 0 Å². The molecule has 1 saturated carbocycles. The van der Waals surface area contributed by atoms with Crippen molar-refractivity contribution >= 4 is 41.2 Å².